The lowest BCUT2D eigenvalue weighted by molar-refractivity contribution is -0.129. The highest BCUT2D eigenvalue weighted by molar-refractivity contribution is 5.90. The van der Waals surface area contributed by atoms with Crippen molar-refractivity contribution in [2.45, 2.75) is 32.9 Å². The van der Waals surface area contributed by atoms with Crippen molar-refractivity contribution in [1.29, 1.82) is 0 Å². The van der Waals surface area contributed by atoms with Crippen LogP contribution in [0.5, 0.6) is 0 Å². The summed E-state index contributed by atoms with van der Waals surface area (Å²) in [5.41, 5.74) is 2.70. The highest BCUT2D eigenvalue weighted by Crippen LogP contribution is 2.39. The first kappa shape index (κ1) is 17.1. The summed E-state index contributed by atoms with van der Waals surface area (Å²) in [4.78, 5) is 27.0. The molecule has 2 aromatic heterocycles. The number of hydrogen-bond acceptors (Lipinski definition) is 5. The smallest absolute Gasteiger partial charge is 0.226 e. The van der Waals surface area contributed by atoms with Crippen molar-refractivity contribution in [2.75, 3.05) is 6.54 Å². The molecule has 134 valence electrons. The second kappa shape index (κ2) is 6.66. The van der Waals surface area contributed by atoms with Crippen LogP contribution in [-0.2, 0) is 30.2 Å². The monoisotopic (exact) mass is 345 g/mol. The van der Waals surface area contributed by atoms with Crippen LogP contribution in [0.2, 0.25) is 0 Å². The van der Waals surface area contributed by atoms with Gasteiger partial charge in [0, 0.05) is 38.3 Å². The molecule has 0 aliphatic carbocycles. The van der Waals surface area contributed by atoms with E-state index >= 15 is 0 Å². The first-order valence-corrected chi connectivity index (χ1v) is 8.33. The molecule has 9 heteroatoms. The Bertz CT molecular complexity index is 794. The summed E-state index contributed by atoms with van der Waals surface area (Å²) in [5.74, 6) is -0.576. The van der Waals surface area contributed by atoms with Gasteiger partial charge in [0.1, 0.15) is 0 Å². The quantitative estimate of drug-likeness (QED) is 0.828. The molecule has 0 spiro atoms. The molecular formula is C16H23N7O2. The number of likely N-dealkylation sites (tertiary alicyclic amines) is 1. The van der Waals surface area contributed by atoms with Crippen molar-refractivity contribution < 1.29 is 9.59 Å². The largest absolute Gasteiger partial charge is 0.350 e. The lowest BCUT2D eigenvalue weighted by Gasteiger charge is -2.26. The van der Waals surface area contributed by atoms with Gasteiger partial charge in [-0.2, -0.15) is 5.10 Å². The van der Waals surface area contributed by atoms with Crippen LogP contribution in [0.3, 0.4) is 0 Å². The standard InChI is InChI=1S/C16H23N7O2/c1-5-23-14(24)6-12(15(23)13-9-19-21(3)10(13)2)16(25)17-7-11-8-18-20-22(11)4/h8-9,12,15H,5-7H2,1-4H3,(H,17,25)/t12-,15-/m0/s1. The Morgan fingerprint density at radius 2 is 2.08 bits per heavy atom. The van der Waals surface area contributed by atoms with E-state index in [1.165, 1.54) is 0 Å². The summed E-state index contributed by atoms with van der Waals surface area (Å²) in [6.07, 6.45) is 3.58. The molecule has 3 heterocycles. The average molecular weight is 345 g/mol. The van der Waals surface area contributed by atoms with Crippen LogP contribution in [0.15, 0.2) is 12.4 Å². The SMILES string of the molecule is CCN1C(=O)C[C@H](C(=O)NCc2cnnn2C)[C@H]1c1cnn(C)c1C. The summed E-state index contributed by atoms with van der Waals surface area (Å²) < 4.78 is 3.38. The van der Waals surface area contributed by atoms with E-state index < -0.39 is 5.92 Å². The Morgan fingerprint density at radius 1 is 1.32 bits per heavy atom. The molecule has 1 aliphatic heterocycles. The maximum atomic E-state index is 12.8. The van der Waals surface area contributed by atoms with E-state index in [4.69, 9.17) is 0 Å². The fourth-order valence-electron chi connectivity index (χ4n) is 3.37. The lowest BCUT2D eigenvalue weighted by atomic mass is 9.93. The van der Waals surface area contributed by atoms with Crippen LogP contribution >= 0.6 is 0 Å². The predicted molar refractivity (Wildman–Crippen MR) is 89.0 cm³/mol. The van der Waals surface area contributed by atoms with E-state index in [0.29, 0.717) is 13.1 Å². The second-order valence-electron chi connectivity index (χ2n) is 6.31. The zero-order valence-corrected chi connectivity index (χ0v) is 14.9. The maximum Gasteiger partial charge on any atom is 0.226 e. The molecule has 0 aromatic carbocycles. The first-order chi connectivity index (χ1) is 11.9. The molecular weight excluding hydrogens is 322 g/mol. The van der Waals surface area contributed by atoms with Gasteiger partial charge in [-0.3, -0.25) is 19.0 Å². The minimum Gasteiger partial charge on any atom is -0.350 e. The number of amides is 2. The normalized spacial score (nSPS) is 20.3. The third kappa shape index (κ3) is 3.01. The third-order valence-corrected chi connectivity index (χ3v) is 4.95. The Morgan fingerprint density at radius 3 is 2.64 bits per heavy atom. The Kier molecular flexibility index (Phi) is 4.56. The van der Waals surface area contributed by atoms with Crippen molar-refractivity contribution in [1.82, 2.24) is 35.0 Å². The lowest BCUT2D eigenvalue weighted by Crippen LogP contribution is -2.35. The number of nitrogens with zero attached hydrogens (tertiary/aromatic N) is 6. The first-order valence-electron chi connectivity index (χ1n) is 8.33. The molecule has 3 rings (SSSR count). The van der Waals surface area contributed by atoms with Gasteiger partial charge in [-0.1, -0.05) is 5.21 Å². The van der Waals surface area contributed by atoms with Gasteiger partial charge in [-0.15, -0.1) is 5.10 Å². The van der Waals surface area contributed by atoms with Crippen LogP contribution in [0.4, 0.5) is 0 Å². The molecule has 2 amide bonds. The van der Waals surface area contributed by atoms with Crippen molar-refractivity contribution in [3.8, 4) is 0 Å². The molecule has 0 unspecified atom stereocenters. The van der Waals surface area contributed by atoms with E-state index in [9.17, 15) is 9.59 Å². The molecule has 2 aromatic rings. The molecule has 0 saturated carbocycles. The Labute approximate surface area is 146 Å². The van der Waals surface area contributed by atoms with Crippen molar-refractivity contribution >= 4 is 11.8 Å². The average Bonchev–Trinajstić information content (AvgIpc) is 3.24. The number of carbonyl (C=O) groups is 2. The number of rotatable bonds is 5. The van der Waals surface area contributed by atoms with E-state index in [0.717, 1.165) is 17.0 Å². The topological polar surface area (TPSA) is 97.9 Å². The molecule has 1 N–H and O–H groups in total. The summed E-state index contributed by atoms with van der Waals surface area (Å²) in [6.45, 7) is 4.78. The fraction of sp³-hybridized carbons (Fsp3) is 0.562. The molecule has 1 aliphatic rings. The highest BCUT2D eigenvalue weighted by Gasteiger charge is 2.44. The second-order valence-corrected chi connectivity index (χ2v) is 6.31. The molecule has 0 bridgehead atoms. The minimum absolute atomic E-state index is 0.00176. The fourth-order valence-corrected chi connectivity index (χ4v) is 3.37. The summed E-state index contributed by atoms with van der Waals surface area (Å²) in [5, 5.41) is 14.8. The van der Waals surface area contributed by atoms with Gasteiger partial charge in [0.2, 0.25) is 11.8 Å². The summed E-state index contributed by atoms with van der Waals surface area (Å²) in [7, 11) is 3.63. The molecule has 2 atom stereocenters. The van der Waals surface area contributed by atoms with E-state index in [1.54, 1.807) is 33.7 Å². The van der Waals surface area contributed by atoms with Crippen LogP contribution in [0.25, 0.3) is 0 Å². The zero-order valence-electron chi connectivity index (χ0n) is 14.9. The maximum absolute atomic E-state index is 12.8. The third-order valence-electron chi connectivity index (χ3n) is 4.95. The van der Waals surface area contributed by atoms with Gasteiger partial charge in [-0.25, -0.2) is 0 Å². The van der Waals surface area contributed by atoms with Gasteiger partial charge < -0.3 is 10.2 Å². The van der Waals surface area contributed by atoms with Crippen LogP contribution in [0.1, 0.15) is 36.3 Å². The van der Waals surface area contributed by atoms with Gasteiger partial charge in [0.25, 0.3) is 0 Å². The summed E-state index contributed by atoms with van der Waals surface area (Å²) >= 11 is 0. The van der Waals surface area contributed by atoms with E-state index in [2.05, 4.69) is 20.7 Å². The number of hydrogen-bond donors (Lipinski definition) is 1. The Balaban J connectivity index is 1.82. The zero-order chi connectivity index (χ0) is 18.1. The van der Waals surface area contributed by atoms with E-state index in [-0.39, 0.29) is 24.3 Å². The van der Waals surface area contributed by atoms with Crippen molar-refractivity contribution in [3.63, 3.8) is 0 Å². The molecule has 0 radical (unpaired) electrons. The molecule has 9 nitrogen and oxygen atoms in total. The van der Waals surface area contributed by atoms with Crippen LogP contribution in [0, 0.1) is 12.8 Å². The Hall–Kier alpha value is -2.71. The predicted octanol–water partition coefficient (Wildman–Crippen LogP) is 0.0829. The van der Waals surface area contributed by atoms with Gasteiger partial charge in [0.05, 0.1) is 36.6 Å². The van der Waals surface area contributed by atoms with Gasteiger partial charge in [0.15, 0.2) is 0 Å². The number of aryl methyl sites for hydroxylation is 2. The van der Waals surface area contributed by atoms with Crippen molar-refractivity contribution in [2.24, 2.45) is 20.0 Å². The van der Waals surface area contributed by atoms with Gasteiger partial charge >= 0.3 is 0 Å². The highest BCUT2D eigenvalue weighted by atomic mass is 16.2. The summed E-state index contributed by atoms with van der Waals surface area (Å²) in [6, 6.07) is -0.282. The molecule has 1 fully saturated rings. The van der Waals surface area contributed by atoms with Crippen molar-refractivity contribution in [3.05, 3.63) is 29.3 Å². The number of carbonyl (C=O) groups excluding carboxylic acids is 2. The molecule has 25 heavy (non-hydrogen) atoms. The van der Waals surface area contributed by atoms with E-state index in [1.807, 2.05) is 20.9 Å². The van der Waals surface area contributed by atoms with Crippen LogP contribution in [-0.4, -0.2) is 48.0 Å². The molecule has 1 saturated heterocycles. The minimum atomic E-state index is -0.434. The van der Waals surface area contributed by atoms with Crippen LogP contribution < -0.4 is 5.32 Å². The van der Waals surface area contributed by atoms with Gasteiger partial charge in [-0.05, 0) is 13.8 Å². The number of nitrogens with one attached hydrogen (secondary N) is 1. The number of aromatic nitrogens is 5.